The predicted molar refractivity (Wildman–Crippen MR) is 89.6 cm³/mol. The maximum absolute atomic E-state index is 12.0. The smallest absolute Gasteiger partial charge is 0.338 e. The minimum Gasteiger partial charge on any atom is -0.493 e. The van der Waals surface area contributed by atoms with Crippen molar-refractivity contribution in [2.75, 3.05) is 31.8 Å². The first kappa shape index (κ1) is 19.0. The molecule has 25 heavy (non-hydrogen) atoms. The molecule has 1 aromatic carbocycles. The van der Waals surface area contributed by atoms with E-state index in [1.54, 1.807) is 6.07 Å². The average molecular weight is 371 g/mol. The molecular weight excluding hydrogens is 350 g/mol. The highest BCUT2D eigenvalue weighted by Crippen LogP contribution is 2.28. The summed E-state index contributed by atoms with van der Waals surface area (Å²) in [7, 11) is -1.63. The van der Waals surface area contributed by atoms with Crippen LogP contribution in [0.25, 0.3) is 0 Å². The van der Waals surface area contributed by atoms with E-state index in [1.807, 2.05) is 6.92 Å². The van der Waals surface area contributed by atoms with E-state index in [0.717, 1.165) is 0 Å². The van der Waals surface area contributed by atoms with Crippen molar-refractivity contribution < 1.29 is 32.2 Å². The first-order chi connectivity index (χ1) is 11.8. The number of sulfone groups is 1. The van der Waals surface area contributed by atoms with Gasteiger partial charge in [0.05, 0.1) is 30.8 Å². The minimum atomic E-state index is -3.08. The number of amides is 1. The van der Waals surface area contributed by atoms with E-state index in [-0.39, 0.29) is 17.1 Å². The molecule has 0 radical (unpaired) electrons. The molecule has 1 aliphatic rings. The van der Waals surface area contributed by atoms with Crippen LogP contribution < -0.4 is 14.8 Å². The number of hydrogen-bond donors (Lipinski definition) is 1. The van der Waals surface area contributed by atoms with Crippen LogP contribution >= 0.6 is 0 Å². The monoisotopic (exact) mass is 371 g/mol. The Morgan fingerprint density at radius 1 is 1.28 bits per heavy atom. The van der Waals surface area contributed by atoms with E-state index in [0.29, 0.717) is 24.5 Å². The zero-order chi connectivity index (χ0) is 18.4. The van der Waals surface area contributed by atoms with Gasteiger partial charge in [-0.2, -0.15) is 0 Å². The highest BCUT2D eigenvalue weighted by molar-refractivity contribution is 7.91. The van der Waals surface area contributed by atoms with E-state index >= 15 is 0 Å². The fourth-order valence-electron chi connectivity index (χ4n) is 2.46. The second-order valence-electron chi connectivity index (χ2n) is 5.54. The number of esters is 1. The van der Waals surface area contributed by atoms with Gasteiger partial charge < -0.3 is 19.5 Å². The third-order valence-corrected chi connectivity index (χ3v) is 5.40. The van der Waals surface area contributed by atoms with Gasteiger partial charge in [0, 0.05) is 6.04 Å². The van der Waals surface area contributed by atoms with Crippen molar-refractivity contribution >= 4 is 21.7 Å². The molecule has 0 aromatic heterocycles. The zero-order valence-corrected chi connectivity index (χ0v) is 14.9. The van der Waals surface area contributed by atoms with E-state index in [1.165, 1.54) is 19.2 Å². The lowest BCUT2D eigenvalue weighted by molar-refractivity contribution is -0.124. The Balaban J connectivity index is 1.88. The standard InChI is InChI=1S/C16H21NO7S/c1-3-23-13-5-4-11(8-14(13)22-2)16(19)24-9-15(18)17-12-6-7-25(20,21)10-12/h4-5,8,12H,3,6-7,9-10H2,1-2H3,(H,17,18)/t12-/m0/s1. The molecule has 1 N–H and O–H groups in total. The van der Waals surface area contributed by atoms with Gasteiger partial charge in [-0.25, -0.2) is 13.2 Å². The number of rotatable bonds is 7. The van der Waals surface area contributed by atoms with Crippen LogP contribution in [0.3, 0.4) is 0 Å². The van der Waals surface area contributed by atoms with Crippen molar-refractivity contribution in [2.24, 2.45) is 0 Å². The maximum atomic E-state index is 12.0. The van der Waals surface area contributed by atoms with Crippen molar-refractivity contribution in [3.63, 3.8) is 0 Å². The number of benzene rings is 1. The van der Waals surface area contributed by atoms with Gasteiger partial charge in [-0.1, -0.05) is 0 Å². The third kappa shape index (κ3) is 5.35. The molecule has 1 amide bonds. The summed E-state index contributed by atoms with van der Waals surface area (Å²) in [4.78, 5) is 23.8. The molecule has 0 aliphatic carbocycles. The molecule has 8 nitrogen and oxygen atoms in total. The maximum Gasteiger partial charge on any atom is 0.338 e. The number of ether oxygens (including phenoxy) is 3. The summed E-state index contributed by atoms with van der Waals surface area (Å²) in [5.41, 5.74) is 0.219. The number of hydrogen-bond acceptors (Lipinski definition) is 7. The SMILES string of the molecule is CCOc1ccc(C(=O)OCC(=O)N[C@H]2CCS(=O)(=O)C2)cc1OC. The van der Waals surface area contributed by atoms with Crippen LogP contribution in [0.4, 0.5) is 0 Å². The topological polar surface area (TPSA) is 108 Å². The number of nitrogens with one attached hydrogen (secondary N) is 1. The van der Waals surface area contributed by atoms with Gasteiger partial charge in [-0.05, 0) is 31.5 Å². The molecule has 2 rings (SSSR count). The Morgan fingerprint density at radius 3 is 2.64 bits per heavy atom. The molecule has 1 heterocycles. The molecule has 0 saturated carbocycles. The molecule has 0 bridgehead atoms. The predicted octanol–water partition coefficient (Wildman–Crippen LogP) is 0.554. The van der Waals surface area contributed by atoms with Gasteiger partial charge in [-0.3, -0.25) is 4.79 Å². The van der Waals surface area contributed by atoms with Crippen molar-refractivity contribution in [3.8, 4) is 11.5 Å². The van der Waals surface area contributed by atoms with Crippen molar-refractivity contribution in [1.82, 2.24) is 5.32 Å². The summed E-state index contributed by atoms with van der Waals surface area (Å²) in [5.74, 6) is -0.352. The summed E-state index contributed by atoms with van der Waals surface area (Å²) in [6, 6.07) is 4.14. The summed E-state index contributed by atoms with van der Waals surface area (Å²) in [5, 5.41) is 2.55. The van der Waals surface area contributed by atoms with Crippen molar-refractivity contribution in [1.29, 1.82) is 0 Å². The van der Waals surface area contributed by atoms with E-state index in [2.05, 4.69) is 5.32 Å². The fraction of sp³-hybridized carbons (Fsp3) is 0.500. The average Bonchev–Trinajstić information content (AvgIpc) is 2.91. The lowest BCUT2D eigenvalue weighted by Gasteiger charge is -2.12. The Hall–Kier alpha value is -2.29. The number of methoxy groups -OCH3 is 1. The Morgan fingerprint density at radius 2 is 2.04 bits per heavy atom. The lowest BCUT2D eigenvalue weighted by atomic mass is 10.2. The van der Waals surface area contributed by atoms with Gasteiger partial charge >= 0.3 is 5.97 Å². The second-order valence-corrected chi connectivity index (χ2v) is 7.77. The quantitative estimate of drug-likeness (QED) is 0.698. The zero-order valence-electron chi connectivity index (χ0n) is 14.1. The van der Waals surface area contributed by atoms with Crippen LogP contribution in [0.15, 0.2) is 18.2 Å². The van der Waals surface area contributed by atoms with Crippen LogP contribution in [-0.2, 0) is 19.4 Å². The van der Waals surface area contributed by atoms with Gasteiger partial charge in [0.25, 0.3) is 5.91 Å². The summed E-state index contributed by atoms with van der Waals surface area (Å²) in [6.45, 7) is 1.80. The molecule has 0 spiro atoms. The fourth-order valence-corrected chi connectivity index (χ4v) is 4.14. The molecule has 1 aromatic rings. The van der Waals surface area contributed by atoms with Gasteiger partial charge in [0.1, 0.15) is 0 Å². The Labute approximate surface area is 146 Å². The van der Waals surface area contributed by atoms with Crippen LogP contribution in [0.1, 0.15) is 23.7 Å². The lowest BCUT2D eigenvalue weighted by Crippen LogP contribution is -2.38. The molecule has 138 valence electrons. The van der Waals surface area contributed by atoms with E-state index < -0.39 is 34.4 Å². The molecular formula is C16H21NO7S. The molecule has 1 aliphatic heterocycles. The van der Waals surface area contributed by atoms with Crippen LogP contribution in [0.5, 0.6) is 11.5 Å². The van der Waals surface area contributed by atoms with Crippen molar-refractivity contribution in [3.05, 3.63) is 23.8 Å². The largest absolute Gasteiger partial charge is 0.493 e. The molecule has 0 unspecified atom stereocenters. The van der Waals surface area contributed by atoms with Gasteiger partial charge in [-0.15, -0.1) is 0 Å². The molecule has 1 atom stereocenters. The molecule has 1 saturated heterocycles. The normalized spacial score (nSPS) is 18.4. The summed E-state index contributed by atoms with van der Waals surface area (Å²) >= 11 is 0. The van der Waals surface area contributed by atoms with Crippen molar-refractivity contribution in [2.45, 2.75) is 19.4 Å². The molecule has 9 heteroatoms. The van der Waals surface area contributed by atoms with Crippen LogP contribution in [0, 0.1) is 0 Å². The third-order valence-electron chi connectivity index (χ3n) is 3.63. The summed E-state index contributed by atoms with van der Waals surface area (Å²) in [6.07, 6.45) is 0.373. The molecule has 1 fully saturated rings. The highest BCUT2D eigenvalue weighted by Gasteiger charge is 2.29. The first-order valence-electron chi connectivity index (χ1n) is 7.82. The number of carbonyl (C=O) groups excluding carboxylic acids is 2. The van der Waals surface area contributed by atoms with Gasteiger partial charge in [0.15, 0.2) is 27.9 Å². The first-order valence-corrected chi connectivity index (χ1v) is 9.64. The van der Waals surface area contributed by atoms with Crippen LogP contribution in [-0.4, -0.2) is 58.2 Å². The van der Waals surface area contributed by atoms with E-state index in [4.69, 9.17) is 14.2 Å². The number of carbonyl (C=O) groups is 2. The van der Waals surface area contributed by atoms with Crippen LogP contribution in [0.2, 0.25) is 0 Å². The Kier molecular flexibility index (Phi) is 6.24. The van der Waals surface area contributed by atoms with E-state index in [9.17, 15) is 18.0 Å². The highest BCUT2D eigenvalue weighted by atomic mass is 32.2. The second kappa shape index (κ2) is 8.19. The van der Waals surface area contributed by atoms with Gasteiger partial charge in [0.2, 0.25) is 0 Å². The minimum absolute atomic E-state index is 0.0592. The summed E-state index contributed by atoms with van der Waals surface area (Å²) < 4.78 is 38.2. The Bertz CT molecular complexity index is 745.